The minimum atomic E-state index is -1.58. The maximum absolute atomic E-state index is 13.4. The lowest BCUT2D eigenvalue weighted by atomic mass is 9.87. The molecule has 2 saturated heterocycles. The number of aryl methyl sites for hydroxylation is 1. The van der Waals surface area contributed by atoms with Crippen LogP contribution >= 0.6 is 11.3 Å². The third-order valence-electron chi connectivity index (χ3n) is 6.96. The standard InChI is InChI=1S/C30H29FO8S/c1-16-5-8-22(13-21(16)14-24-11-12-26(40-24)20-6-9-23(31)10-7-20)30-29(38-19(4)34)28(37-18(3)33)27(36-17(2)32)25(39-30)15-35-30/h5-13,25,27-29H,14-15H2,1-4H3/t25-,27-,28+,29-,30-/m1/s1. The summed E-state index contributed by atoms with van der Waals surface area (Å²) >= 11 is 1.61. The van der Waals surface area contributed by atoms with Crippen LogP contribution in [0.25, 0.3) is 10.4 Å². The second-order valence-corrected chi connectivity index (χ2v) is 11.1. The van der Waals surface area contributed by atoms with Gasteiger partial charge in [-0.25, -0.2) is 4.39 Å². The molecule has 5 atom stereocenters. The molecule has 0 radical (unpaired) electrons. The zero-order chi connectivity index (χ0) is 28.6. The normalized spacial score (nSPS) is 25.3. The first-order valence-corrected chi connectivity index (χ1v) is 13.7. The Morgan fingerprint density at radius 1 is 0.925 bits per heavy atom. The van der Waals surface area contributed by atoms with E-state index in [-0.39, 0.29) is 12.4 Å². The molecule has 3 aromatic rings. The number of fused-ring (bicyclic) bond motifs is 2. The molecule has 2 aromatic carbocycles. The van der Waals surface area contributed by atoms with Gasteiger partial charge in [0.25, 0.3) is 0 Å². The molecule has 210 valence electrons. The molecule has 3 heterocycles. The predicted molar refractivity (Wildman–Crippen MR) is 143 cm³/mol. The molecule has 5 rings (SSSR count). The van der Waals surface area contributed by atoms with Crippen molar-refractivity contribution < 1.29 is 42.5 Å². The van der Waals surface area contributed by atoms with E-state index in [0.717, 1.165) is 26.4 Å². The van der Waals surface area contributed by atoms with E-state index >= 15 is 0 Å². The number of ether oxygens (including phenoxy) is 5. The molecular formula is C30H29FO8S. The van der Waals surface area contributed by atoms with E-state index in [1.165, 1.54) is 32.9 Å². The van der Waals surface area contributed by atoms with Crippen LogP contribution in [0, 0.1) is 12.7 Å². The lowest BCUT2D eigenvalue weighted by Gasteiger charge is -2.45. The Morgan fingerprint density at radius 2 is 1.60 bits per heavy atom. The Bertz CT molecular complexity index is 1430. The second-order valence-electron chi connectivity index (χ2n) is 9.90. The van der Waals surface area contributed by atoms with Crippen LogP contribution < -0.4 is 0 Å². The highest BCUT2D eigenvalue weighted by Crippen LogP contribution is 2.48. The van der Waals surface area contributed by atoms with Crippen molar-refractivity contribution in [2.75, 3.05) is 6.61 Å². The van der Waals surface area contributed by atoms with Crippen molar-refractivity contribution in [2.45, 2.75) is 64.3 Å². The highest BCUT2D eigenvalue weighted by atomic mass is 32.1. The van der Waals surface area contributed by atoms with Gasteiger partial charge in [0.05, 0.1) is 6.61 Å². The lowest BCUT2D eigenvalue weighted by molar-refractivity contribution is -0.309. The molecule has 10 heteroatoms. The first kappa shape index (κ1) is 27.9. The number of rotatable bonds is 7. The highest BCUT2D eigenvalue weighted by molar-refractivity contribution is 7.15. The van der Waals surface area contributed by atoms with Crippen molar-refractivity contribution in [1.29, 1.82) is 0 Å². The summed E-state index contributed by atoms with van der Waals surface area (Å²) in [5.74, 6) is -3.73. The Hall–Kier alpha value is -3.60. The van der Waals surface area contributed by atoms with E-state index < -0.39 is 48.1 Å². The van der Waals surface area contributed by atoms with Gasteiger partial charge in [0, 0.05) is 42.5 Å². The third-order valence-corrected chi connectivity index (χ3v) is 8.09. The van der Waals surface area contributed by atoms with E-state index in [1.54, 1.807) is 23.5 Å². The van der Waals surface area contributed by atoms with Crippen LogP contribution in [0.3, 0.4) is 0 Å². The largest absolute Gasteiger partial charge is 0.456 e. The maximum atomic E-state index is 13.4. The van der Waals surface area contributed by atoms with E-state index in [1.807, 2.05) is 37.3 Å². The zero-order valence-corrected chi connectivity index (χ0v) is 23.3. The molecule has 0 amide bonds. The fraction of sp³-hybridized carbons (Fsp3) is 0.367. The summed E-state index contributed by atoms with van der Waals surface area (Å²) in [7, 11) is 0. The van der Waals surface area contributed by atoms with Gasteiger partial charge < -0.3 is 23.7 Å². The lowest BCUT2D eigenvalue weighted by Crippen LogP contribution is -2.62. The summed E-state index contributed by atoms with van der Waals surface area (Å²) in [6.07, 6.45) is -3.55. The van der Waals surface area contributed by atoms with E-state index in [0.29, 0.717) is 12.0 Å². The Kier molecular flexibility index (Phi) is 7.76. The van der Waals surface area contributed by atoms with Crippen LogP contribution in [0.5, 0.6) is 0 Å². The van der Waals surface area contributed by atoms with Gasteiger partial charge >= 0.3 is 17.9 Å². The molecule has 0 saturated carbocycles. The Labute approximate surface area is 235 Å². The monoisotopic (exact) mass is 568 g/mol. The van der Waals surface area contributed by atoms with Crippen LogP contribution in [-0.2, 0) is 50.3 Å². The van der Waals surface area contributed by atoms with Gasteiger partial charge in [-0.05, 0) is 53.9 Å². The van der Waals surface area contributed by atoms with Gasteiger partial charge in [0.15, 0.2) is 12.2 Å². The van der Waals surface area contributed by atoms with Crippen LogP contribution in [0.1, 0.15) is 42.3 Å². The van der Waals surface area contributed by atoms with Crippen molar-refractivity contribution in [2.24, 2.45) is 0 Å². The molecule has 2 aliphatic heterocycles. The number of halogens is 1. The fourth-order valence-electron chi connectivity index (χ4n) is 5.21. The van der Waals surface area contributed by atoms with Gasteiger partial charge in [-0.2, -0.15) is 0 Å². The minimum Gasteiger partial charge on any atom is -0.456 e. The quantitative estimate of drug-likeness (QED) is 0.295. The minimum absolute atomic E-state index is 0.0304. The zero-order valence-electron chi connectivity index (χ0n) is 22.5. The van der Waals surface area contributed by atoms with E-state index in [4.69, 9.17) is 23.7 Å². The summed E-state index contributed by atoms with van der Waals surface area (Å²) in [6, 6.07) is 16.1. The molecule has 0 spiro atoms. The fourth-order valence-corrected chi connectivity index (χ4v) is 6.25. The Morgan fingerprint density at radius 3 is 2.27 bits per heavy atom. The summed E-state index contributed by atoms with van der Waals surface area (Å²) in [5, 5.41) is 0. The van der Waals surface area contributed by atoms with Crippen molar-refractivity contribution in [3.8, 4) is 10.4 Å². The van der Waals surface area contributed by atoms with E-state index in [2.05, 4.69) is 0 Å². The third kappa shape index (κ3) is 5.52. The predicted octanol–water partition coefficient (Wildman–Crippen LogP) is 4.83. The van der Waals surface area contributed by atoms with Gasteiger partial charge in [0.2, 0.25) is 11.9 Å². The summed E-state index contributed by atoms with van der Waals surface area (Å²) < 4.78 is 42.6. The van der Waals surface area contributed by atoms with Gasteiger partial charge in [-0.15, -0.1) is 11.3 Å². The molecule has 8 nitrogen and oxygen atoms in total. The van der Waals surface area contributed by atoms with Gasteiger partial charge in [0.1, 0.15) is 11.9 Å². The Balaban J connectivity index is 1.50. The first-order chi connectivity index (χ1) is 19.1. The van der Waals surface area contributed by atoms with E-state index in [9.17, 15) is 18.8 Å². The van der Waals surface area contributed by atoms with Crippen LogP contribution in [0.4, 0.5) is 4.39 Å². The van der Waals surface area contributed by atoms with Crippen molar-refractivity contribution in [1.82, 2.24) is 0 Å². The molecule has 0 unspecified atom stereocenters. The highest BCUT2D eigenvalue weighted by Gasteiger charge is 2.65. The number of carbonyl (C=O) groups is 3. The average Bonchev–Trinajstić information content (AvgIpc) is 3.52. The number of hydrogen-bond donors (Lipinski definition) is 0. The smallest absolute Gasteiger partial charge is 0.303 e. The van der Waals surface area contributed by atoms with Crippen LogP contribution in [0.2, 0.25) is 0 Å². The summed E-state index contributed by atoms with van der Waals surface area (Å²) in [4.78, 5) is 38.3. The summed E-state index contributed by atoms with van der Waals surface area (Å²) in [6.45, 7) is 5.72. The SMILES string of the molecule is CC(=O)O[C@H]1[C@H](OC(C)=O)[C@H]2CO[C@](c3ccc(C)c(Cc4ccc(-c5ccc(F)cc5)s4)c3)(O2)[C@@H]1OC(C)=O. The molecule has 2 aliphatic rings. The summed E-state index contributed by atoms with van der Waals surface area (Å²) in [5.41, 5.74) is 3.53. The molecule has 0 N–H and O–H groups in total. The van der Waals surface area contributed by atoms with Crippen LogP contribution in [0.15, 0.2) is 54.6 Å². The maximum Gasteiger partial charge on any atom is 0.303 e. The van der Waals surface area contributed by atoms with Crippen molar-refractivity contribution in [3.05, 3.63) is 82.0 Å². The first-order valence-electron chi connectivity index (χ1n) is 12.8. The number of benzene rings is 2. The number of carbonyl (C=O) groups excluding carboxylic acids is 3. The van der Waals surface area contributed by atoms with Crippen molar-refractivity contribution >= 4 is 29.2 Å². The van der Waals surface area contributed by atoms with Crippen molar-refractivity contribution in [3.63, 3.8) is 0 Å². The molecule has 40 heavy (non-hydrogen) atoms. The number of hydrogen-bond acceptors (Lipinski definition) is 9. The van der Waals surface area contributed by atoms with Gasteiger partial charge in [-0.1, -0.05) is 24.3 Å². The molecule has 2 fully saturated rings. The molecule has 0 aliphatic carbocycles. The number of esters is 3. The molecular weight excluding hydrogens is 539 g/mol. The molecule has 2 bridgehead atoms. The average molecular weight is 569 g/mol. The van der Waals surface area contributed by atoms with Crippen LogP contribution in [-0.4, -0.2) is 48.9 Å². The number of thiophene rings is 1. The van der Waals surface area contributed by atoms with Gasteiger partial charge in [-0.3, -0.25) is 14.4 Å². The second kappa shape index (κ2) is 11.1. The molecule has 1 aromatic heterocycles. The topological polar surface area (TPSA) is 97.4 Å².